The molecule has 0 saturated carbocycles. The Labute approximate surface area is 127 Å². The lowest BCUT2D eigenvalue weighted by molar-refractivity contribution is -0.640. The summed E-state index contributed by atoms with van der Waals surface area (Å²) in [4.78, 5) is 0.660. The van der Waals surface area contributed by atoms with E-state index < -0.39 is 0 Å². The molecule has 0 aliphatic rings. The predicted octanol–water partition coefficient (Wildman–Crippen LogP) is 2.30. The molecule has 2 aromatic carbocycles. The van der Waals surface area contributed by atoms with Crippen molar-refractivity contribution in [2.24, 2.45) is 0 Å². The lowest BCUT2D eigenvalue weighted by atomic mass is 10.0. The molecule has 0 unspecified atom stereocenters. The first-order valence-electron chi connectivity index (χ1n) is 7.21. The monoisotopic (exact) mass is 290 g/mol. The molecule has 2 aromatic heterocycles. The van der Waals surface area contributed by atoms with Gasteiger partial charge in [-0.15, -0.1) is 0 Å². The summed E-state index contributed by atoms with van der Waals surface area (Å²) in [6.45, 7) is 0. The highest BCUT2D eigenvalue weighted by atomic mass is 16.5. The maximum Gasteiger partial charge on any atom is 0.270 e. The Bertz CT molecular complexity index is 947. The van der Waals surface area contributed by atoms with Gasteiger partial charge in [0.05, 0.1) is 6.20 Å². The molecule has 0 N–H and O–H groups in total. The zero-order valence-corrected chi connectivity index (χ0v) is 11.9. The second kappa shape index (κ2) is 5.11. The van der Waals surface area contributed by atoms with Gasteiger partial charge in [-0.25, -0.2) is 4.52 Å². The van der Waals surface area contributed by atoms with Crippen LogP contribution >= 0.6 is 0 Å². The molecular weight excluding hydrogens is 276 g/mol. The number of aromatic nitrogens is 4. The van der Waals surface area contributed by atoms with Crippen molar-refractivity contribution in [2.45, 2.75) is 12.8 Å². The lowest BCUT2D eigenvalue weighted by Gasteiger charge is -2.05. The van der Waals surface area contributed by atoms with Crippen LogP contribution in [0.2, 0.25) is 0 Å². The number of fused-ring (bicyclic) bond motifs is 3. The molecule has 2 heterocycles. The van der Waals surface area contributed by atoms with E-state index >= 15 is 0 Å². The van der Waals surface area contributed by atoms with Crippen molar-refractivity contribution in [3.05, 3.63) is 77.1 Å². The average molecular weight is 290 g/mol. The van der Waals surface area contributed by atoms with Gasteiger partial charge in [0.1, 0.15) is 5.52 Å². The van der Waals surface area contributed by atoms with Crippen molar-refractivity contribution in [1.29, 1.82) is 0 Å². The minimum Gasteiger partial charge on any atom is -0.594 e. The standard InChI is InChI=1S/C17H14N4O/c22-21-15-9-8-14(7-6-13-4-2-1-3-5-13)12-16(15)20-17(19-21)10-11-18-20/h1-5,8-12H,6-7H2. The van der Waals surface area contributed by atoms with Crippen molar-refractivity contribution in [3.8, 4) is 0 Å². The van der Waals surface area contributed by atoms with E-state index in [1.807, 2.05) is 24.3 Å². The quantitative estimate of drug-likeness (QED) is 0.430. The van der Waals surface area contributed by atoms with E-state index in [4.69, 9.17) is 0 Å². The summed E-state index contributed by atoms with van der Waals surface area (Å²) < 4.78 is 1.70. The number of hydrogen-bond acceptors (Lipinski definition) is 3. The van der Waals surface area contributed by atoms with Gasteiger partial charge in [-0.3, -0.25) is 0 Å². The third-order valence-corrected chi connectivity index (χ3v) is 3.84. The summed E-state index contributed by atoms with van der Waals surface area (Å²) in [5.41, 5.74) is 4.36. The second-order valence-corrected chi connectivity index (χ2v) is 5.28. The molecule has 0 aliphatic carbocycles. The van der Waals surface area contributed by atoms with Crippen LogP contribution in [-0.4, -0.2) is 14.7 Å². The van der Waals surface area contributed by atoms with Crippen LogP contribution in [0.3, 0.4) is 0 Å². The molecule has 0 fully saturated rings. The van der Waals surface area contributed by atoms with Gasteiger partial charge in [0, 0.05) is 17.2 Å². The Hall–Kier alpha value is -2.95. The summed E-state index contributed by atoms with van der Waals surface area (Å²) in [7, 11) is 0. The number of rotatable bonds is 3. The van der Waals surface area contributed by atoms with Gasteiger partial charge in [0.2, 0.25) is 5.65 Å². The van der Waals surface area contributed by atoms with Crippen molar-refractivity contribution < 1.29 is 4.85 Å². The summed E-state index contributed by atoms with van der Waals surface area (Å²) in [5, 5.41) is 20.1. The largest absolute Gasteiger partial charge is 0.594 e. The summed E-state index contributed by atoms with van der Waals surface area (Å²) in [5.74, 6) is 0. The predicted molar refractivity (Wildman–Crippen MR) is 83.3 cm³/mol. The fourth-order valence-electron chi connectivity index (χ4n) is 2.69. The van der Waals surface area contributed by atoms with E-state index in [9.17, 15) is 5.21 Å². The lowest BCUT2D eigenvalue weighted by Crippen LogP contribution is -2.33. The van der Waals surface area contributed by atoms with Crippen LogP contribution in [-0.2, 0) is 12.8 Å². The molecule has 0 spiro atoms. The van der Waals surface area contributed by atoms with Crippen molar-refractivity contribution in [1.82, 2.24) is 14.7 Å². The van der Waals surface area contributed by atoms with Crippen molar-refractivity contribution >= 4 is 16.7 Å². The highest BCUT2D eigenvalue weighted by molar-refractivity contribution is 5.74. The Balaban J connectivity index is 1.73. The molecule has 0 atom stereocenters. The third kappa shape index (κ3) is 2.16. The second-order valence-electron chi connectivity index (χ2n) is 5.28. The van der Waals surface area contributed by atoms with E-state index in [1.54, 1.807) is 16.8 Å². The molecule has 5 heteroatoms. The molecule has 0 amide bonds. The molecule has 5 nitrogen and oxygen atoms in total. The fourth-order valence-corrected chi connectivity index (χ4v) is 2.69. The number of benzene rings is 2. The smallest absolute Gasteiger partial charge is 0.270 e. The highest BCUT2D eigenvalue weighted by Crippen LogP contribution is 2.15. The summed E-state index contributed by atoms with van der Waals surface area (Å²) in [6, 6.07) is 17.9. The normalized spacial score (nSPS) is 11.3. The van der Waals surface area contributed by atoms with Gasteiger partial charge >= 0.3 is 0 Å². The maximum atomic E-state index is 11.9. The van der Waals surface area contributed by atoms with Crippen LogP contribution < -0.4 is 4.85 Å². The first-order chi connectivity index (χ1) is 10.8. The molecule has 108 valence electrons. The van der Waals surface area contributed by atoms with Gasteiger partial charge in [0.15, 0.2) is 0 Å². The third-order valence-electron chi connectivity index (χ3n) is 3.84. The molecule has 0 aliphatic heterocycles. The molecule has 4 aromatic rings. The minimum absolute atomic E-state index is 0.527. The average Bonchev–Trinajstić information content (AvgIpc) is 3.02. The van der Waals surface area contributed by atoms with Crippen LogP contribution in [0, 0.1) is 5.21 Å². The van der Waals surface area contributed by atoms with Gasteiger partial charge in [-0.05, 0) is 34.9 Å². The van der Waals surface area contributed by atoms with E-state index in [0.717, 1.165) is 18.4 Å². The highest BCUT2D eigenvalue weighted by Gasteiger charge is 2.12. The SMILES string of the molecule is [O-][n+]1nc2ccnn2c2cc(CCc3ccccc3)ccc21. The first-order valence-corrected chi connectivity index (χ1v) is 7.21. The molecule has 0 saturated heterocycles. The zero-order valence-electron chi connectivity index (χ0n) is 11.9. The van der Waals surface area contributed by atoms with Crippen LogP contribution in [0.4, 0.5) is 0 Å². The van der Waals surface area contributed by atoms with Crippen LogP contribution in [0.25, 0.3) is 16.7 Å². The molecular formula is C17H14N4O. The van der Waals surface area contributed by atoms with E-state index in [1.165, 1.54) is 11.1 Å². The number of aryl methyl sites for hydroxylation is 2. The maximum absolute atomic E-state index is 11.9. The van der Waals surface area contributed by atoms with Crippen molar-refractivity contribution in [3.63, 3.8) is 0 Å². The van der Waals surface area contributed by atoms with Crippen molar-refractivity contribution in [2.75, 3.05) is 0 Å². The van der Waals surface area contributed by atoms with E-state index in [2.05, 4.69) is 34.5 Å². The minimum atomic E-state index is 0.527. The van der Waals surface area contributed by atoms with Gasteiger partial charge in [-0.1, -0.05) is 36.4 Å². The fraction of sp³-hybridized carbons (Fsp3) is 0.118. The van der Waals surface area contributed by atoms with Crippen LogP contribution in [0.5, 0.6) is 0 Å². The Morgan fingerprint density at radius 1 is 0.955 bits per heavy atom. The molecule has 4 rings (SSSR count). The molecule has 0 radical (unpaired) electrons. The molecule has 0 bridgehead atoms. The van der Waals surface area contributed by atoms with Gasteiger partial charge in [-0.2, -0.15) is 5.10 Å². The topological polar surface area (TPSA) is 57.1 Å². The van der Waals surface area contributed by atoms with Gasteiger partial charge < -0.3 is 5.21 Å². The Morgan fingerprint density at radius 3 is 2.64 bits per heavy atom. The van der Waals surface area contributed by atoms with Crippen LogP contribution in [0.15, 0.2) is 60.8 Å². The summed E-state index contributed by atoms with van der Waals surface area (Å²) >= 11 is 0. The summed E-state index contributed by atoms with van der Waals surface area (Å²) in [6.07, 6.45) is 3.54. The Morgan fingerprint density at radius 2 is 1.77 bits per heavy atom. The number of nitrogens with zero attached hydrogens (tertiary/aromatic N) is 4. The van der Waals surface area contributed by atoms with Gasteiger partial charge in [0.25, 0.3) is 5.52 Å². The Kier molecular flexibility index (Phi) is 2.96. The van der Waals surface area contributed by atoms with E-state index in [-0.39, 0.29) is 0 Å². The molecule has 22 heavy (non-hydrogen) atoms. The number of hydrogen-bond donors (Lipinski definition) is 0. The first kappa shape index (κ1) is 12.8. The van der Waals surface area contributed by atoms with E-state index in [0.29, 0.717) is 16.0 Å². The van der Waals surface area contributed by atoms with Crippen LogP contribution in [0.1, 0.15) is 11.1 Å². The zero-order chi connectivity index (χ0) is 14.9.